The van der Waals surface area contributed by atoms with Crippen LogP contribution in [0.3, 0.4) is 0 Å². The van der Waals surface area contributed by atoms with Crippen molar-refractivity contribution in [2.75, 3.05) is 0 Å². The second-order valence-electron chi connectivity index (χ2n) is 5.02. The zero-order valence-corrected chi connectivity index (χ0v) is 15.9. The van der Waals surface area contributed by atoms with Crippen molar-refractivity contribution >= 4 is 46.6 Å². The lowest BCUT2D eigenvalue weighted by Crippen LogP contribution is -2.00. The lowest BCUT2D eigenvalue weighted by molar-refractivity contribution is 0.687. The van der Waals surface area contributed by atoms with Crippen LogP contribution in [0.5, 0.6) is 0 Å². The highest BCUT2D eigenvalue weighted by Crippen LogP contribution is 2.33. The summed E-state index contributed by atoms with van der Waals surface area (Å²) in [7, 11) is 0. The van der Waals surface area contributed by atoms with Crippen LogP contribution < -0.4 is 0 Å². The molecule has 0 unspecified atom stereocenters. The van der Waals surface area contributed by atoms with Gasteiger partial charge < -0.3 is 4.57 Å². The molecule has 1 aromatic heterocycles. The molecule has 0 bridgehead atoms. The van der Waals surface area contributed by atoms with E-state index in [4.69, 9.17) is 34.8 Å². The van der Waals surface area contributed by atoms with Crippen LogP contribution in [0.4, 0.5) is 0 Å². The van der Waals surface area contributed by atoms with Crippen molar-refractivity contribution in [1.29, 1.82) is 0 Å². The predicted octanol–water partition coefficient (Wildman–Crippen LogP) is 6.22. The fourth-order valence-electron chi connectivity index (χ4n) is 2.33. The minimum absolute atomic E-state index is 0.624. The molecule has 0 aliphatic rings. The highest BCUT2D eigenvalue weighted by molar-refractivity contribution is 7.98. The molecule has 0 amide bonds. The van der Waals surface area contributed by atoms with Gasteiger partial charge in [-0.1, -0.05) is 64.8 Å². The predicted molar refractivity (Wildman–Crippen MR) is 102 cm³/mol. The maximum atomic E-state index is 6.29. The number of hydrogen-bond acceptors (Lipinski definition) is 3. The number of nitrogens with zero attached hydrogens (tertiary/aromatic N) is 3. The Kier molecular flexibility index (Phi) is 5.72. The van der Waals surface area contributed by atoms with Gasteiger partial charge in [0.15, 0.2) is 11.0 Å². The van der Waals surface area contributed by atoms with Crippen molar-refractivity contribution in [2.45, 2.75) is 24.4 Å². The first-order chi connectivity index (χ1) is 11.6. The molecule has 0 N–H and O–H groups in total. The van der Waals surface area contributed by atoms with Crippen molar-refractivity contribution in [1.82, 2.24) is 14.8 Å². The van der Waals surface area contributed by atoms with Gasteiger partial charge in [0, 0.05) is 27.9 Å². The molecule has 0 spiro atoms. The SMILES string of the molecule is CCn1c(SCc2c(Cl)cccc2Cl)nnc1-c1ccccc1Cl. The number of aromatic nitrogens is 3. The lowest BCUT2D eigenvalue weighted by Gasteiger charge is -2.09. The number of halogens is 3. The van der Waals surface area contributed by atoms with E-state index in [2.05, 4.69) is 17.1 Å². The van der Waals surface area contributed by atoms with Crippen LogP contribution in [0.2, 0.25) is 15.1 Å². The largest absolute Gasteiger partial charge is 0.302 e. The van der Waals surface area contributed by atoms with Crippen LogP contribution >= 0.6 is 46.6 Å². The fourth-order valence-corrected chi connectivity index (χ4v) is 4.29. The molecular weight excluding hydrogens is 385 g/mol. The monoisotopic (exact) mass is 397 g/mol. The zero-order valence-electron chi connectivity index (χ0n) is 12.8. The molecular formula is C17H14Cl3N3S. The minimum atomic E-state index is 0.624. The second kappa shape index (κ2) is 7.79. The topological polar surface area (TPSA) is 30.7 Å². The van der Waals surface area contributed by atoms with E-state index in [9.17, 15) is 0 Å². The first-order valence-electron chi connectivity index (χ1n) is 7.35. The van der Waals surface area contributed by atoms with Crippen molar-refractivity contribution in [3.05, 3.63) is 63.1 Å². The lowest BCUT2D eigenvalue weighted by atomic mass is 10.2. The summed E-state index contributed by atoms with van der Waals surface area (Å²) >= 11 is 20.3. The Labute approximate surface area is 160 Å². The van der Waals surface area contributed by atoms with E-state index in [1.54, 1.807) is 11.8 Å². The van der Waals surface area contributed by atoms with Crippen LogP contribution in [-0.2, 0) is 12.3 Å². The average Bonchev–Trinajstić information content (AvgIpc) is 2.97. The summed E-state index contributed by atoms with van der Waals surface area (Å²) in [5.74, 6) is 1.38. The van der Waals surface area contributed by atoms with Crippen LogP contribution in [-0.4, -0.2) is 14.8 Å². The summed E-state index contributed by atoms with van der Waals surface area (Å²) in [6, 6.07) is 13.1. The van der Waals surface area contributed by atoms with E-state index in [1.165, 1.54) is 0 Å². The summed E-state index contributed by atoms with van der Waals surface area (Å²) in [6.07, 6.45) is 0. The molecule has 0 saturated carbocycles. The maximum Gasteiger partial charge on any atom is 0.191 e. The molecule has 24 heavy (non-hydrogen) atoms. The summed E-state index contributed by atoms with van der Waals surface area (Å²) in [5.41, 5.74) is 1.77. The Morgan fingerprint density at radius 1 is 0.917 bits per heavy atom. The van der Waals surface area contributed by atoms with Gasteiger partial charge in [-0.25, -0.2) is 0 Å². The van der Waals surface area contributed by atoms with Crippen LogP contribution in [0, 0.1) is 0 Å². The van der Waals surface area contributed by atoms with E-state index in [0.29, 0.717) is 20.8 Å². The van der Waals surface area contributed by atoms with Gasteiger partial charge >= 0.3 is 0 Å². The molecule has 0 radical (unpaired) electrons. The van der Waals surface area contributed by atoms with Crippen LogP contribution in [0.25, 0.3) is 11.4 Å². The molecule has 0 saturated heterocycles. The second-order valence-corrected chi connectivity index (χ2v) is 7.18. The van der Waals surface area contributed by atoms with Crippen LogP contribution in [0.15, 0.2) is 47.6 Å². The third-order valence-corrected chi connectivity index (χ3v) is 5.59. The molecule has 3 nitrogen and oxygen atoms in total. The third-order valence-electron chi connectivity index (χ3n) is 3.56. The molecule has 7 heteroatoms. The number of thioether (sulfide) groups is 1. The van der Waals surface area contributed by atoms with Gasteiger partial charge in [0.05, 0.1) is 5.02 Å². The van der Waals surface area contributed by atoms with Gasteiger partial charge in [0.25, 0.3) is 0 Å². The first kappa shape index (κ1) is 17.6. The van der Waals surface area contributed by atoms with E-state index in [0.717, 1.165) is 28.7 Å². The Hall–Kier alpha value is -1.20. The van der Waals surface area contributed by atoms with Crippen molar-refractivity contribution in [2.24, 2.45) is 0 Å². The molecule has 0 aliphatic heterocycles. The highest BCUT2D eigenvalue weighted by Gasteiger charge is 2.16. The Bertz CT molecular complexity index is 844. The molecule has 3 rings (SSSR count). The normalized spacial score (nSPS) is 11.0. The highest BCUT2D eigenvalue weighted by atomic mass is 35.5. The summed E-state index contributed by atoms with van der Waals surface area (Å²) in [5, 5.41) is 11.4. The molecule has 124 valence electrons. The summed E-state index contributed by atoms with van der Waals surface area (Å²) in [4.78, 5) is 0. The van der Waals surface area contributed by atoms with Crippen molar-refractivity contribution < 1.29 is 0 Å². The average molecular weight is 399 g/mol. The molecule has 0 atom stereocenters. The quantitative estimate of drug-likeness (QED) is 0.478. The van der Waals surface area contributed by atoms with E-state index in [-0.39, 0.29) is 0 Å². The standard InChI is InChI=1S/C17H14Cl3N3S/c1-2-23-16(11-6-3-4-7-13(11)18)21-22-17(23)24-10-12-14(19)8-5-9-15(12)20/h3-9H,2,10H2,1H3. The molecule has 2 aromatic carbocycles. The van der Waals surface area contributed by atoms with Gasteiger partial charge in [0.2, 0.25) is 0 Å². The molecule has 1 heterocycles. The van der Waals surface area contributed by atoms with Crippen molar-refractivity contribution in [3.63, 3.8) is 0 Å². The summed E-state index contributed by atoms with van der Waals surface area (Å²) in [6.45, 7) is 2.79. The van der Waals surface area contributed by atoms with E-state index < -0.39 is 0 Å². The van der Waals surface area contributed by atoms with Gasteiger partial charge in [-0.2, -0.15) is 0 Å². The number of hydrogen-bond donors (Lipinski definition) is 0. The van der Waals surface area contributed by atoms with E-state index >= 15 is 0 Å². The first-order valence-corrected chi connectivity index (χ1v) is 9.47. The van der Waals surface area contributed by atoms with Crippen LogP contribution in [0.1, 0.15) is 12.5 Å². The van der Waals surface area contributed by atoms with Gasteiger partial charge in [-0.3, -0.25) is 0 Å². The Morgan fingerprint density at radius 3 is 2.25 bits per heavy atom. The molecule has 3 aromatic rings. The summed E-state index contributed by atoms with van der Waals surface area (Å²) < 4.78 is 2.04. The maximum absolute atomic E-state index is 6.29. The van der Waals surface area contributed by atoms with Crippen molar-refractivity contribution in [3.8, 4) is 11.4 Å². The van der Waals surface area contributed by atoms with Gasteiger partial charge in [-0.15, -0.1) is 10.2 Å². The van der Waals surface area contributed by atoms with Gasteiger partial charge in [-0.05, 0) is 36.8 Å². The van der Waals surface area contributed by atoms with E-state index in [1.807, 2.05) is 47.0 Å². The Balaban J connectivity index is 1.89. The molecule has 0 fully saturated rings. The number of benzene rings is 2. The fraction of sp³-hybridized carbons (Fsp3) is 0.176. The third kappa shape index (κ3) is 3.57. The minimum Gasteiger partial charge on any atom is -0.302 e. The number of rotatable bonds is 5. The smallest absolute Gasteiger partial charge is 0.191 e. The molecule has 0 aliphatic carbocycles. The van der Waals surface area contributed by atoms with Gasteiger partial charge in [0.1, 0.15) is 0 Å². The Morgan fingerprint density at radius 2 is 1.58 bits per heavy atom. The zero-order chi connectivity index (χ0) is 17.1.